The maximum Gasteiger partial charge on any atom is 0.0235 e. The van der Waals surface area contributed by atoms with Crippen molar-refractivity contribution < 1.29 is 0 Å². The highest BCUT2D eigenvalue weighted by Gasteiger charge is 2.29. The maximum absolute atomic E-state index is 3.50. The van der Waals surface area contributed by atoms with Crippen LogP contribution >= 0.6 is 0 Å². The van der Waals surface area contributed by atoms with E-state index in [1.807, 2.05) is 0 Å². The lowest BCUT2D eigenvalue weighted by atomic mass is 10.0. The van der Waals surface area contributed by atoms with E-state index in [-0.39, 0.29) is 0 Å². The van der Waals surface area contributed by atoms with Crippen molar-refractivity contribution in [2.45, 2.75) is 51.6 Å². The van der Waals surface area contributed by atoms with E-state index in [9.17, 15) is 0 Å². The molecular formula is C14H29N3. The first-order chi connectivity index (χ1) is 8.35. The average molecular weight is 239 g/mol. The molecule has 2 saturated heterocycles. The molecule has 0 amide bonds. The van der Waals surface area contributed by atoms with Gasteiger partial charge in [-0.25, -0.2) is 0 Å². The van der Waals surface area contributed by atoms with Crippen LogP contribution in [0.3, 0.4) is 0 Å². The van der Waals surface area contributed by atoms with Crippen molar-refractivity contribution in [2.24, 2.45) is 0 Å². The smallest absolute Gasteiger partial charge is 0.0235 e. The Morgan fingerprint density at radius 3 is 2.41 bits per heavy atom. The molecule has 0 aromatic rings. The summed E-state index contributed by atoms with van der Waals surface area (Å²) in [7, 11) is 0. The van der Waals surface area contributed by atoms with E-state index in [1.54, 1.807) is 0 Å². The molecule has 0 aliphatic carbocycles. The van der Waals surface area contributed by atoms with Crippen LogP contribution in [0.15, 0.2) is 0 Å². The zero-order valence-electron chi connectivity index (χ0n) is 11.6. The van der Waals surface area contributed by atoms with Gasteiger partial charge in [0, 0.05) is 18.6 Å². The van der Waals surface area contributed by atoms with Crippen LogP contribution in [-0.2, 0) is 0 Å². The molecule has 100 valence electrons. The first kappa shape index (κ1) is 13.3. The predicted octanol–water partition coefficient (Wildman–Crippen LogP) is 1.54. The van der Waals surface area contributed by atoms with E-state index < -0.39 is 0 Å². The number of nitrogens with zero attached hydrogens (tertiary/aromatic N) is 2. The lowest BCUT2D eigenvalue weighted by Crippen LogP contribution is -2.49. The number of piperidine rings is 1. The molecule has 1 atom stereocenters. The molecule has 2 heterocycles. The molecule has 0 saturated carbocycles. The first-order valence-corrected chi connectivity index (χ1v) is 7.54. The lowest BCUT2D eigenvalue weighted by molar-refractivity contribution is 0.0839. The summed E-state index contributed by atoms with van der Waals surface area (Å²) >= 11 is 0. The summed E-state index contributed by atoms with van der Waals surface area (Å²) < 4.78 is 0. The minimum atomic E-state index is 0.808. The Morgan fingerprint density at radius 2 is 1.88 bits per heavy atom. The van der Waals surface area contributed by atoms with Gasteiger partial charge in [0.05, 0.1) is 0 Å². The molecule has 2 rings (SSSR count). The van der Waals surface area contributed by atoms with E-state index in [2.05, 4.69) is 29.0 Å². The van der Waals surface area contributed by atoms with E-state index >= 15 is 0 Å². The van der Waals surface area contributed by atoms with Gasteiger partial charge in [-0.2, -0.15) is 0 Å². The molecule has 0 spiro atoms. The van der Waals surface area contributed by atoms with Crippen LogP contribution in [0.5, 0.6) is 0 Å². The van der Waals surface area contributed by atoms with Crippen LogP contribution in [0, 0.1) is 0 Å². The van der Waals surface area contributed by atoms with Crippen LogP contribution in [-0.4, -0.2) is 61.2 Å². The second-order valence-corrected chi connectivity index (χ2v) is 5.55. The van der Waals surface area contributed by atoms with E-state index in [0.29, 0.717) is 0 Å². The fourth-order valence-electron chi connectivity index (χ4n) is 3.53. The Bertz CT molecular complexity index is 206. The molecule has 2 fully saturated rings. The van der Waals surface area contributed by atoms with Crippen LogP contribution in [0.25, 0.3) is 0 Å². The van der Waals surface area contributed by atoms with Crippen molar-refractivity contribution in [1.29, 1.82) is 0 Å². The first-order valence-electron chi connectivity index (χ1n) is 7.54. The normalized spacial score (nSPS) is 28.1. The third kappa shape index (κ3) is 3.43. The van der Waals surface area contributed by atoms with Crippen LogP contribution in [0.4, 0.5) is 0 Å². The second kappa shape index (κ2) is 6.72. The maximum atomic E-state index is 3.50. The highest BCUT2D eigenvalue weighted by Crippen LogP contribution is 2.21. The van der Waals surface area contributed by atoms with Crippen molar-refractivity contribution in [3.63, 3.8) is 0 Å². The molecule has 1 N–H and O–H groups in total. The van der Waals surface area contributed by atoms with Crippen molar-refractivity contribution in [2.75, 3.05) is 39.3 Å². The van der Waals surface area contributed by atoms with Gasteiger partial charge in [-0.05, 0) is 58.4 Å². The lowest BCUT2D eigenvalue weighted by Gasteiger charge is -2.40. The van der Waals surface area contributed by atoms with Crippen molar-refractivity contribution in [3.8, 4) is 0 Å². The van der Waals surface area contributed by atoms with E-state index in [4.69, 9.17) is 0 Å². The Hall–Kier alpha value is -0.120. The molecule has 0 radical (unpaired) electrons. The molecule has 1 unspecified atom stereocenters. The number of likely N-dealkylation sites (N-methyl/N-ethyl adjacent to an activating group) is 1. The Balaban J connectivity index is 1.81. The zero-order chi connectivity index (χ0) is 12.1. The monoisotopic (exact) mass is 239 g/mol. The van der Waals surface area contributed by atoms with Gasteiger partial charge in [-0.15, -0.1) is 0 Å². The molecule has 2 aliphatic heterocycles. The average Bonchev–Trinajstić information content (AvgIpc) is 2.86. The zero-order valence-corrected chi connectivity index (χ0v) is 11.6. The Labute approximate surface area is 107 Å². The predicted molar refractivity (Wildman–Crippen MR) is 73.4 cm³/mol. The highest BCUT2D eigenvalue weighted by atomic mass is 15.2. The summed E-state index contributed by atoms with van der Waals surface area (Å²) in [5.41, 5.74) is 0. The summed E-state index contributed by atoms with van der Waals surface area (Å²) in [5.74, 6) is 0. The fourth-order valence-corrected chi connectivity index (χ4v) is 3.53. The van der Waals surface area contributed by atoms with Gasteiger partial charge < -0.3 is 10.2 Å². The second-order valence-electron chi connectivity index (χ2n) is 5.55. The number of hydrogen-bond donors (Lipinski definition) is 1. The van der Waals surface area contributed by atoms with Gasteiger partial charge in [0.2, 0.25) is 0 Å². The Morgan fingerprint density at radius 1 is 1.12 bits per heavy atom. The molecule has 3 heteroatoms. The topological polar surface area (TPSA) is 18.5 Å². The largest absolute Gasteiger partial charge is 0.315 e. The fraction of sp³-hybridized carbons (Fsp3) is 1.00. The minimum Gasteiger partial charge on any atom is -0.315 e. The van der Waals surface area contributed by atoms with Gasteiger partial charge >= 0.3 is 0 Å². The van der Waals surface area contributed by atoms with Gasteiger partial charge in [0.15, 0.2) is 0 Å². The van der Waals surface area contributed by atoms with Gasteiger partial charge in [0.25, 0.3) is 0 Å². The minimum absolute atomic E-state index is 0.808. The van der Waals surface area contributed by atoms with Crippen LogP contribution < -0.4 is 5.32 Å². The van der Waals surface area contributed by atoms with Crippen LogP contribution in [0.1, 0.15) is 39.5 Å². The van der Waals surface area contributed by atoms with Gasteiger partial charge in [0.1, 0.15) is 0 Å². The molecule has 0 bridgehead atoms. The van der Waals surface area contributed by atoms with E-state index in [0.717, 1.165) is 12.1 Å². The summed E-state index contributed by atoms with van der Waals surface area (Å²) in [6.45, 7) is 12.2. The SMILES string of the molecule is CCCN1CCC(N(CC)C2CCNC2)CC1. The Kier molecular flexibility index (Phi) is 5.26. The number of hydrogen-bond acceptors (Lipinski definition) is 3. The molecular weight excluding hydrogens is 210 g/mol. The summed E-state index contributed by atoms with van der Waals surface area (Å²) in [5, 5.41) is 3.50. The van der Waals surface area contributed by atoms with Gasteiger partial charge in [-0.3, -0.25) is 4.90 Å². The molecule has 0 aromatic carbocycles. The van der Waals surface area contributed by atoms with E-state index in [1.165, 1.54) is 65.0 Å². The summed E-state index contributed by atoms with van der Waals surface area (Å²) in [6, 6.07) is 1.65. The number of rotatable bonds is 5. The molecule has 3 nitrogen and oxygen atoms in total. The van der Waals surface area contributed by atoms with Crippen molar-refractivity contribution in [1.82, 2.24) is 15.1 Å². The molecule has 2 aliphatic rings. The van der Waals surface area contributed by atoms with Crippen molar-refractivity contribution in [3.05, 3.63) is 0 Å². The van der Waals surface area contributed by atoms with Crippen molar-refractivity contribution >= 4 is 0 Å². The third-order valence-electron chi connectivity index (χ3n) is 4.43. The standard InChI is InChI=1S/C14H29N3/c1-3-9-16-10-6-13(7-11-16)17(4-2)14-5-8-15-12-14/h13-15H,3-12H2,1-2H3. The summed E-state index contributed by atoms with van der Waals surface area (Å²) in [4.78, 5) is 5.40. The quantitative estimate of drug-likeness (QED) is 0.785. The third-order valence-corrected chi connectivity index (χ3v) is 4.43. The van der Waals surface area contributed by atoms with Gasteiger partial charge in [-0.1, -0.05) is 13.8 Å². The molecule has 17 heavy (non-hydrogen) atoms. The number of nitrogens with one attached hydrogen (secondary N) is 1. The highest BCUT2D eigenvalue weighted by molar-refractivity contribution is 4.87. The van der Waals surface area contributed by atoms with Crippen LogP contribution in [0.2, 0.25) is 0 Å². The number of likely N-dealkylation sites (tertiary alicyclic amines) is 1. The molecule has 0 aromatic heterocycles. The summed E-state index contributed by atoms with van der Waals surface area (Å²) in [6.07, 6.45) is 5.41.